The number of hydrogen-bond donors (Lipinski definition) is 0. The van der Waals surface area contributed by atoms with Crippen LogP contribution in [0.2, 0.25) is 0 Å². The van der Waals surface area contributed by atoms with Crippen LogP contribution in [-0.2, 0) is 0 Å². The van der Waals surface area contributed by atoms with Gasteiger partial charge < -0.3 is 0 Å². The summed E-state index contributed by atoms with van der Waals surface area (Å²) >= 11 is 0. The normalized spacial score (nSPS) is 20.2. The van der Waals surface area contributed by atoms with Gasteiger partial charge in [-0.25, -0.2) is 0 Å². The molecule has 1 aliphatic rings. The molecule has 13 heavy (non-hydrogen) atoms. The molecule has 0 spiro atoms. The Morgan fingerprint density at radius 3 is 2.69 bits per heavy atom. The fourth-order valence-corrected chi connectivity index (χ4v) is 1.20. The molecular formula is C10H7N3. The Kier molecular flexibility index (Phi) is 2.85. The lowest BCUT2D eigenvalue weighted by Crippen LogP contribution is -2.03. The number of rotatable bonds is 1. The lowest BCUT2D eigenvalue weighted by atomic mass is 9.89. The van der Waals surface area contributed by atoms with Gasteiger partial charge in [0.2, 0.25) is 0 Å². The summed E-state index contributed by atoms with van der Waals surface area (Å²) in [6.45, 7) is 0. The quantitative estimate of drug-likeness (QED) is 0.601. The zero-order valence-electron chi connectivity index (χ0n) is 6.99. The molecule has 1 unspecified atom stereocenters. The van der Waals surface area contributed by atoms with Crippen LogP contribution in [0.1, 0.15) is 12.8 Å². The largest absolute Gasteiger partial charge is 0.198 e. The number of nitrogens with zero attached hydrogens (tertiary/aromatic N) is 3. The molecule has 0 aromatic carbocycles. The first kappa shape index (κ1) is 9.04. The van der Waals surface area contributed by atoms with Gasteiger partial charge in [-0.2, -0.15) is 15.8 Å². The van der Waals surface area contributed by atoms with E-state index in [0.717, 1.165) is 5.57 Å². The first-order valence-electron chi connectivity index (χ1n) is 3.89. The van der Waals surface area contributed by atoms with Crippen molar-refractivity contribution < 1.29 is 0 Å². The summed E-state index contributed by atoms with van der Waals surface area (Å²) in [7, 11) is 0. The molecule has 62 valence electrons. The molecule has 3 heteroatoms. The Balaban J connectivity index is 2.88. The van der Waals surface area contributed by atoms with E-state index in [1.807, 2.05) is 24.3 Å². The summed E-state index contributed by atoms with van der Waals surface area (Å²) in [5.41, 5.74) is 1.31. The van der Waals surface area contributed by atoms with Crippen molar-refractivity contribution in [2.45, 2.75) is 12.8 Å². The van der Waals surface area contributed by atoms with Crippen LogP contribution in [0.4, 0.5) is 0 Å². The van der Waals surface area contributed by atoms with Gasteiger partial charge in [0, 0.05) is 5.57 Å². The maximum Gasteiger partial charge on any atom is 0.0961 e. The summed E-state index contributed by atoms with van der Waals surface area (Å²) in [4.78, 5) is 0. The van der Waals surface area contributed by atoms with Gasteiger partial charge >= 0.3 is 0 Å². The minimum atomic E-state index is -0.326. The van der Waals surface area contributed by atoms with Gasteiger partial charge in [-0.05, 0) is 18.1 Å². The molecule has 0 heterocycles. The summed E-state index contributed by atoms with van der Waals surface area (Å²) in [5.74, 6) is -0.326. The zero-order chi connectivity index (χ0) is 9.68. The molecule has 0 saturated heterocycles. The van der Waals surface area contributed by atoms with Gasteiger partial charge in [0.15, 0.2) is 0 Å². The van der Waals surface area contributed by atoms with Gasteiger partial charge in [0.25, 0.3) is 0 Å². The molecule has 0 saturated carbocycles. The zero-order valence-corrected chi connectivity index (χ0v) is 6.99. The highest BCUT2D eigenvalue weighted by Crippen LogP contribution is 2.23. The van der Waals surface area contributed by atoms with Gasteiger partial charge in [-0.3, -0.25) is 0 Å². The highest BCUT2D eigenvalue weighted by Gasteiger charge is 2.16. The van der Waals surface area contributed by atoms with Crippen LogP contribution in [0.25, 0.3) is 0 Å². The second kappa shape index (κ2) is 4.10. The Morgan fingerprint density at radius 1 is 1.38 bits per heavy atom. The van der Waals surface area contributed by atoms with Crippen molar-refractivity contribution in [1.82, 2.24) is 0 Å². The molecule has 0 N–H and O–H groups in total. The minimum absolute atomic E-state index is 0.309. The molecule has 1 atom stereocenters. The van der Waals surface area contributed by atoms with Crippen molar-refractivity contribution in [2.75, 3.05) is 0 Å². The second-order valence-corrected chi connectivity index (χ2v) is 2.74. The molecule has 0 fully saturated rings. The molecule has 0 aromatic rings. The van der Waals surface area contributed by atoms with Crippen molar-refractivity contribution in [1.29, 1.82) is 15.8 Å². The van der Waals surface area contributed by atoms with E-state index in [4.69, 9.17) is 15.8 Å². The standard InChI is InChI=1S/C10H7N3/c11-4-3-8-1-2-9(6-12)10(5-8)7-13/h1,5,9H,2-3H2. The molecular weight excluding hydrogens is 162 g/mol. The van der Waals surface area contributed by atoms with E-state index >= 15 is 0 Å². The van der Waals surface area contributed by atoms with Crippen molar-refractivity contribution in [3.63, 3.8) is 0 Å². The molecule has 0 aliphatic heterocycles. The maximum absolute atomic E-state index is 8.70. The van der Waals surface area contributed by atoms with Gasteiger partial charge in [0.05, 0.1) is 30.5 Å². The highest BCUT2D eigenvalue weighted by atomic mass is 14.3. The minimum Gasteiger partial charge on any atom is -0.198 e. The Morgan fingerprint density at radius 2 is 2.15 bits per heavy atom. The van der Waals surface area contributed by atoms with Crippen molar-refractivity contribution in [3.8, 4) is 18.2 Å². The summed E-state index contributed by atoms with van der Waals surface area (Å²) in [6, 6.07) is 6.04. The smallest absolute Gasteiger partial charge is 0.0961 e. The first-order valence-corrected chi connectivity index (χ1v) is 3.89. The number of hydrogen-bond acceptors (Lipinski definition) is 3. The third kappa shape index (κ3) is 1.95. The van der Waals surface area contributed by atoms with E-state index in [0.29, 0.717) is 18.4 Å². The lowest BCUT2D eigenvalue weighted by Gasteiger charge is -2.11. The Bertz CT molecular complexity index is 382. The Labute approximate surface area is 76.8 Å². The van der Waals surface area contributed by atoms with Crippen LogP contribution in [-0.4, -0.2) is 0 Å². The molecule has 1 aliphatic carbocycles. The monoisotopic (exact) mass is 169 g/mol. The van der Waals surface area contributed by atoms with Crippen molar-refractivity contribution >= 4 is 0 Å². The van der Waals surface area contributed by atoms with E-state index in [2.05, 4.69) is 0 Å². The van der Waals surface area contributed by atoms with Crippen molar-refractivity contribution in [2.24, 2.45) is 5.92 Å². The molecule has 0 radical (unpaired) electrons. The molecule has 0 bridgehead atoms. The van der Waals surface area contributed by atoms with Crippen LogP contribution in [0, 0.1) is 39.9 Å². The van der Waals surface area contributed by atoms with E-state index in [9.17, 15) is 0 Å². The van der Waals surface area contributed by atoms with E-state index in [1.165, 1.54) is 0 Å². The predicted molar refractivity (Wildman–Crippen MR) is 45.7 cm³/mol. The fourth-order valence-electron chi connectivity index (χ4n) is 1.20. The molecule has 0 aromatic heterocycles. The third-order valence-corrected chi connectivity index (χ3v) is 1.90. The van der Waals surface area contributed by atoms with E-state index in [1.54, 1.807) is 6.08 Å². The van der Waals surface area contributed by atoms with Gasteiger partial charge in [0.1, 0.15) is 0 Å². The second-order valence-electron chi connectivity index (χ2n) is 2.74. The molecule has 3 nitrogen and oxygen atoms in total. The number of allylic oxidation sites excluding steroid dienone is 4. The first-order chi connectivity index (χ1) is 6.31. The van der Waals surface area contributed by atoms with E-state index < -0.39 is 0 Å². The number of nitriles is 3. The maximum atomic E-state index is 8.70. The van der Waals surface area contributed by atoms with Crippen LogP contribution in [0.5, 0.6) is 0 Å². The fraction of sp³-hybridized carbons (Fsp3) is 0.300. The van der Waals surface area contributed by atoms with Gasteiger partial charge in [-0.1, -0.05) is 6.08 Å². The topological polar surface area (TPSA) is 71.4 Å². The third-order valence-electron chi connectivity index (χ3n) is 1.90. The average molecular weight is 169 g/mol. The summed E-state index contributed by atoms with van der Waals surface area (Å²) < 4.78 is 0. The van der Waals surface area contributed by atoms with Crippen molar-refractivity contribution in [3.05, 3.63) is 23.3 Å². The molecule has 1 rings (SSSR count). The lowest BCUT2D eigenvalue weighted by molar-refractivity contribution is 0.792. The van der Waals surface area contributed by atoms with E-state index in [-0.39, 0.29) is 5.92 Å². The van der Waals surface area contributed by atoms with Crippen LogP contribution < -0.4 is 0 Å². The summed E-state index contributed by atoms with van der Waals surface area (Å²) in [5, 5.41) is 25.8. The average Bonchev–Trinajstić information content (AvgIpc) is 2.18. The SMILES string of the molecule is N#CCC1=CCC(C#N)C(C#N)=C1. The van der Waals surface area contributed by atoms with Crippen LogP contribution >= 0.6 is 0 Å². The van der Waals surface area contributed by atoms with Crippen LogP contribution in [0.15, 0.2) is 23.3 Å². The predicted octanol–water partition coefficient (Wildman–Crippen LogP) is 1.82. The van der Waals surface area contributed by atoms with Crippen LogP contribution in [0.3, 0.4) is 0 Å². The summed E-state index contributed by atoms with van der Waals surface area (Å²) in [6.07, 6.45) is 4.34. The molecule has 0 amide bonds. The van der Waals surface area contributed by atoms with Gasteiger partial charge in [-0.15, -0.1) is 0 Å². The highest BCUT2D eigenvalue weighted by molar-refractivity contribution is 5.41. The Hall–Kier alpha value is -2.05.